The highest BCUT2D eigenvalue weighted by molar-refractivity contribution is 7.11. The Balaban J connectivity index is 0.000000297. The first-order chi connectivity index (χ1) is 31.4. The van der Waals surface area contributed by atoms with Crippen molar-refractivity contribution in [1.82, 2.24) is 25.3 Å². The minimum Gasteiger partial charge on any atom is -0.465 e. The molecule has 66 heavy (non-hydrogen) atoms. The molecule has 5 aromatic heterocycles. The van der Waals surface area contributed by atoms with Crippen molar-refractivity contribution in [3.05, 3.63) is 112 Å². The summed E-state index contributed by atoms with van der Waals surface area (Å²) in [5.41, 5.74) is -1.39. The molecular formula is C48H65N5O8S5. The third kappa shape index (κ3) is 19.3. The molecule has 18 heteroatoms. The van der Waals surface area contributed by atoms with Gasteiger partial charge >= 0.3 is 12.2 Å². The van der Waals surface area contributed by atoms with E-state index in [-0.39, 0.29) is 24.3 Å². The molecule has 0 aromatic carbocycles. The van der Waals surface area contributed by atoms with Crippen LogP contribution in [0.3, 0.4) is 0 Å². The van der Waals surface area contributed by atoms with Crippen molar-refractivity contribution in [3.63, 3.8) is 0 Å². The molecule has 5 heterocycles. The van der Waals surface area contributed by atoms with Crippen LogP contribution in [0.4, 0.5) is 9.59 Å². The summed E-state index contributed by atoms with van der Waals surface area (Å²) in [4.78, 5) is 74.4. The lowest BCUT2D eigenvalue weighted by Gasteiger charge is -2.40. The quantitative estimate of drug-likeness (QED) is 0.0469. The van der Waals surface area contributed by atoms with Gasteiger partial charge in [-0.2, -0.15) is 0 Å². The first-order valence-corrected chi connectivity index (χ1v) is 26.4. The predicted octanol–water partition coefficient (Wildman–Crippen LogP) is 10.5. The smallest absolute Gasteiger partial charge is 0.408 e. The van der Waals surface area contributed by atoms with Gasteiger partial charge < -0.3 is 35.4 Å². The number of hydrogen-bond acceptors (Lipinski definition) is 12. The van der Waals surface area contributed by atoms with Crippen LogP contribution >= 0.6 is 56.7 Å². The summed E-state index contributed by atoms with van der Waals surface area (Å²) in [6, 6.07) is 18.2. The number of nitrogens with zero attached hydrogens (tertiary/aromatic N) is 3. The van der Waals surface area contributed by atoms with E-state index in [9.17, 15) is 29.1 Å². The third-order valence-electron chi connectivity index (χ3n) is 9.89. The number of carboxylic acid groups (broad SMARTS) is 1. The Morgan fingerprint density at radius 3 is 1.45 bits per heavy atom. The molecule has 13 nitrogen and oxygen atoms in total. The molecule has 0 saturated carbocycles. The SMILES string of the molecule is CC(C)(C)N(C(=O)O)[C@@H](CCCCNC(=O)Cc1cccs1)C(=O)N(Cc1cccs1)Cc1cccs1.CC(C)(C)OC(=O)N[C@@H](CCCCO)C(=O)N(Cc1cccs1)Cc1cccs1. The predicted molar refractivity (Wildman–Crippen MR) is 268 cm³/mol. The van der Waals surface area contributed by atoms with Gasteiger partial charge in [0.2, 0.25) is 17.7 Å². The zero-order valence-corrected chi connectivity index (χ0v) is 42.8. The zero-order valence-electron chi connectivity index (χ0n) is 38.7. The normalized spacial score (nSPS) is 12.3. The van der Waals surface area contributed by atoms with Gasteiger partial charge in [0.1, 0.15) is 17.7 Å². The fourth-order valence-corrected chi connectivity index (χ4v) is 10.5. The summed E-state index contributed by atoms with van der Waals surface area (Å²) in [6.45, 7) is 13.2. The van der Waals surface area contributed by atoms with Crippen molar-refractivity contribution in [3.8, 4) is 0 Å². The van der Waals surface area contributed by atoms with E-state index >= 15 is 0 Å². The van der Waals surface area contributed by atoms with Crippen LogP contribution in [0, 0.1) is 0 Å². The first-order valence-electron chi connectivity index (χ1n) is 22.0. The Morgan fingerprint density at radius 2 is 1.06 bits per heavy atom. The fourth-order valence-electron chi connectivity index (χ4n) is 6.96. The second-order valence-electron chi connectivity index (χ2n) is 17.6. The number of nitrogens with one attached hydrogen (secondary N) is 2. The van der Waals surface area contributed by atoms with Gasteiger partial charge in [-0.05, 0) is 137 Å². The number of carbonyl (C=O) groups excluding carboxylic acids is 4. The highest BCUT2D eigenvalue weighted by atomic mass is 32.1. The lowest BCUT2D eigenvalue weighted by molar-refractivity contribution is -0.140. The van der Waals surface area contributed by atoms with Crippen molar-refractivity contribution in [1.29, 1.82) is 0 Å². The number of aliphatic hydroxyl groups excluding tert-OH is 1. The molecule has 5 aromatic rings. The number of carbonyl (C=O) groups is 5. The number of unbranched alkanes of at least 4 members (excludes halogenated alkanes) is 2. The maximum atomic E-state index is 14.0. The minimum atomic E-state index is -1.11. The second-order valence-corrected chi connectivity index (χ2v) is 22.7. The van der Waals surface area contributed by atoms with E-state index in [0.717, 1.165) is 24.4 Å². The van der Waals surface area contributed by atoms with Crippen LogP contribution < -0.4 is 10.6 Å². The number of aliphatic hydroxyl groups is 1. The van der Waals surface area contributed by atoms with E-state index in [4.69, 9.17) is 9.84 Å². The van der Waals surface area contributed by atoms with E-state index in [2.05, 4.69) is 10.6 Å². The van der Waals surface area contributed by atoms with Gasteiger partial charge in [0.15, 0.2) is 0 Å². The van der Waals surface area contributed by atoms with E-state index in [1.807, 2.05) is 108 Å². The molecule has 4 N–H and O–H groups in total. The number of ether oxygens (including phenoxy) is 1. The van der Waals surface area contributed by atoms with Gasteiger partial charge in [-0.25, -0.2) is 9.59 Å². The van der Waals surface area contributed by atoms with Crippen LogP contribution in [0.15, 0.2) is 87.6 Å². The largest absolute Gasteiger partial charge is 0.465 e. The number of hydrogen-bond donors (Lipinski definition) is 4. The van der Waals surface area contributed by atoms with Crippen LogP contribution in [0.25, 0.3) is 0 Å². The Bertz CT molecular complexity index is 2070. The Hall–Kier alpha value is -4.59. The topological polar surface area (TPSA) is 169 Å². The molecule has 0 aliphatic heterocycles. The molecule has 0 aliphatic rings. The van der Waals surface area contributed by atoms with Crippen molar-refractivity contribution >= 4 is 86.6 Å². The average molecular weight is 1000 g/mol. The number of amides is 5. The molecule has 0 unspecified atom stereocenters. The van der Waals surface area contributed by atoms with Crippen LogP contribution in [-0.4, -0.2) is 91.2 Å². The summed E-state index contributed by atoms with van der Waals surface area (Å²) < 4.78 is 5.35. The summed E-state index contributed by atoms with van der Waals surface area (Å²) in [7, 11) is 0. The Kier molecular flexibility index (Phi) is 22.3. The maximum absolute atomic E-state index is 14.0. The standard InChI is InChI=1S/C27H35N3O4S3.C21H30N2O4S2/c1-27(2,3)30(26(33)34)23(12-4-5-13-28-24(31)17-20-9-6-14-35-20)25(32)29(18-21-10-7-15-36-21)19-22-11-8-16-37-22;1-21(2,3)27-20(26)22-18(10-4-5-11-24)19(25)23(14-16-8-6-12-28-16)15-17-9-7-13-29-17/h6-11,14-16,23H,4-5,12-13,17-19H2,1-3H3,(H,28,31)(H,33,34);6-9,12-13,18,24H,4-5,10-11,14-15H2,1-3H3,(H,22,26)/t23-;18-/m00/s1. The van der Waals surface area contributed by atoms with E-state index in [1.54, 1.807) is 87.3 Å². The fraction of sp³-hybridized carbons (Fsp3) is 0.479. The third-order valence-corrected chi connectivity index (χ3v) is 14.2. The van der Waals surface area contributed by atoms with Crippen molar-refractivity contribution in [2.24, 2.45) is 0 Å². The molecule has 0 saturated heterocycles. The van der Waals surface area contributed by atoms with E-state index in [0.29, 0.717) is 77.7 Å². The summed E-state index contributed by atoms with van der Waals surface area (Å²) in [6.07, 6.45) is 1.96. The Labute approximate surface area is 409 Å². The van der Waals surface area contributed by atoms with Crippen molar-refractivity contribution in [2.45, 2.75) is 136 Å². The van der Waals surface area contributed by atoms with E-state index < -0.39 is 35.4 Å². The number of rotatable bonds is 23. The second kappa shape index (κ2) is 27.3. The van der Waals surface area contributed by atoms with Gasteiger partial charge in [0.05, 0.1) is 32.6 Å². The van der Waals surface area contributed by atoms with Crippen LogP contribution in [-0.2, 0) is 51.7 Å². The molecule has 5 rings (SSSR count). The lowest BCUT2D eigenvalue weighted by Crippen LogP contribution is -2.57. The molecule has 5 amide bonds. The van der Waals surface area contributed by atoms with Gasteiger partial charge in [-0.3, -0.25) is 19.3 Å². The maximum Gasteiger partial charge on any atom is 0.408 e. The summed E-state index contributed by atoms with van der Waals surface area (Å²) >= 11 is 7.92. The molecule has 0 fully saturated rings. The van der Waals surface area contributed by atoms with E-state index in [1.165, 1.54) is 4.90 Å². The zero-order chi connectivity index (χ0) is 48.1. The molecule has 360 valence electrons. The van der Waals surface area contributed by atoms with Crippen LogP contribution in [0.1, 0.15) is 104 Å². The highest BCUT2D eigenvalue weighted by Gasteiger charge is 2.39. The monoisotopic (exact) mass is 999 g/mol. The molecular weight excluding hydrogens is 935 g/mol. The number of thiophene rings is 5. The summed E-state index contributed by atoms with van der Waals surface area (Å²) in [5, 5.41) is 34.8. The van der Waals surface area contributed by atoms with Gasteiger partial charge in [-0.15, -0.1) is 56.7 Å². The minimum absolute atomic E-state index is 0.0324. The molecule has 0 bridgehead atoms. The van der Waals surface area contributed by atoms with Crippen LogP contribution in [0.2, 0.25) is 0 Å². The summed E-state index contributed by atoms with van der Waals surface area (Å²) in [5.74, 6) is -0.369. The highest BCUT2D eigenvalue weighted by Crippen LogP contribution is 2.26. The van der Waals surface area contributed by atoms with Crippen molar-refractivity contribution < 1.29 is 38.9 Å². The number of alkyl carbamates (subject to hydrolysis) is 1. The van der Waals surface area contributed by atoms with Crippen molar-refractivity contribution in [2.75, 3.05) is 13.2 Å². The first kappa shape index (κ1) is 54.0. The molecule has 0 aliphatic carbocycles. The average Bonchev–Trinajstić information content (AvgIpc) is 4.10. The van der Waals surface area contributed by atoms with Crippen LogP contribution in [0.5, 0.6) is 0 Å². The molecule has 0 radical (unpaired) electrons. The van der Waals surface area contributed by atoms with Gasteiger partial charge in [0, 0.05) is 43.1 Å². The molecule has 2 atom stereocenters. The lowest BCUT2D eigenvalue weighted by atomic mass is 9.98. The molecule has 0 spiro atoms. The van der Waals surface area contributed by atoms with Gasteiger partial charge in [0.25, 0.3) is 0 Å². The Morgan fingerprint density at radius 1 is 0.621 bits per heavy atom. The van der Waals surface area contributed by atoms with Gasteiger partial charge in [-0.1, -0.05) is 30.3 Å².